The monoisotopic (exact) mass is 182 g/mol. The maximum atomic E-state index is 10.7. The van der Waals surface area contributed by atoms with E-state index in [4.69, 9.17) is 4.74 Å². The van der Waals surface area contributed by atoms with E-state index in [1.165, 1.54) is 0 Å². The third-order valence-corrected chi connectivity index (χ3v) is 1.90. The molecule has 0 aliphatic heterocycles. The van der Waals surface area contributed by atoms with Gasteiger partial charge in [0.15, 0.2) is 6.29 Å². The van der Waals surface area contributed by atoms with Gasteiger partial charge in [0, 0.05) is 26.3 Å². The number of ether oxygens (including phenoxy) is 1. The number of carbonyl (C=O) groups is 1. The average molecular weight is 182 g/mol. The van der Waals surface area contributed by atoms with Gasteiger partial charge < -0.3 is 4.74 Å². The molecule has 1 aromatic heterocycles. The molecule has 4 nitrogen and oxygen atoms in total. The SMILES string of the molecule is COCC(C)c1nn(C)cc1C=O. The van der Waals surface area contributed by atoms with Crippen LogP contribution in [0.2, 0.25) is 0 Å². The first kappa shape index (κ1) is 9.92. The van der Waals surface area contributed by atoms with Crippen molar-refractivity contribution in [3.05, 3.63) is 17.5 Å². The highest BCUT2D eigenvalue weighted by Gasteiger charge is 2.13. The van der Waals surface area contributed by atoms with Gasteiger partial charge in [0.2, 0.25) is 0 Å². The minimum Gasteiger partial charge on any atom is -0.384 e. The Hall–Kier alpha value is -1.16. The van der Waals surface area contributed by atoms with Crippen molar-refractivity contribution in [2.75, 3.05) is 13.7 Å². The van der Waals surface area contributed by atoms with Gasteiger partial charge in [-0.2, -0.15) is 5.10 Å². The molecule has 1 rings (SSSR count). The van der Waals surface area contributed by atoms with Crippen LogP contribution in [0.25, 0.3) is 0 Å². The zero-order valence-corrected chi connectivity index (χ0v) is 8.15. The van der Waals surface area contributed by atoms with Crippen LogP contribution < -0.4 is 0 Å². The normalized spacial score (nSPS) is 12.8. The van der Waals surface area contributed by atoms with E-state index in [0.29, 0.717) is 12.2 Å². The second-order valence-corrected chi connectivity index (χ2v) is 3.12. The van der Waals surface area contributed by atoms with E-state index in [1.807, 2.05) is 6.92 Å². The standard InChI is InChI=1S/C9H14N2O2/c1-7(6-13-3)9-8(5-12)4-11(2)10-9/h4-5,7H,6H2,1-3H3. The molecule has 0 spiro atoms. The molecule has 4 heteroatoms. The van der Waals surface area contributed by atoms with Crippen LogP contribution >= 0.6 is 0 Å². The highest BCUT2D eigenvalue weighted by molar-refractivity contribution is 5.76. The zero-order chi connectivity index (χ0) is 9.84. The fraction of sp³-hybridized carbons (Fsp3) is 0.556. The maximum absolute atomic E-state index is 10.7. The quantitative estimate of drug-likeness (QED) is 0.652. The first-order valence-electron chi connectivity index (χ1n) is 4.16. The Morgan fingerprint density at radius 1 is 1.77 bits per heavy atom. The lowest BCUT2D eigenvalue weighted by molar-refractivity contribution is 0.112. The number of aryl methyl sites for hydroxylation is 1. The molecule has 0 bridgehead atoms. The van der Waals surface area contributed by atoms with Crippen molar-refractivity contribution in [2.24, 2.45) is 7.05 Å². The molecule has 0 saturated carbocycles. The molecule has 0 aliphatic carbocycles. The summed E-state index contributed by atoms with van der Waals surface area (Å²) >= 11 is 0. The number of aldehydes is 1. The van der Waals surface area contributed by atoms with Gasteiger partial charge in [-0.1, -0.05) is 6.92 Å². The van der Waals surface area contributed by atoms with E-state index in [0.717, 1.165) is 12.0 Å². The third-order valence-electron chi connectivity index (χ3n) is 1.90. The predicted octanol–water partition coefficient (Wildman–Crippen LogP) is 0.983. The van der Waals surface area contributed by atoms with Crippen molar-refractivity contribution in [1.82, 2.24) is 9.78 Å². The molecule has 0 amide bonds. The molecule has 1 heterocycles. The highest BCUT2D eigenvalue weighted by Crippen LogP contribution is 2.16. The summed E-state index contributed by atoms with van der Waals surface area (Å²) in [5.41, 5.74) is 1.45. The lowest BCUT2D eigenvalue weighted by atomic mass is 10.1. The summed E-state index contributed by atoms with van der Waals surface area (Å²) in [6.45, 7) is 2.57. The second kappa shape index (κ2) is 4.18. The van der Waals surface area contributed by atoms with Crippen molar-refractivity contribution in [3.63, 3.8) is 0 Å². The summed E-state index contributed by atoms with van der Waals surface area (Å²) in [6, 6.07) is 0. The predicted molar refractivity (Wildman–Crippen MR) is 48.9 cm³/mol. The van der Waals surface area contributed by atoms with Gasteiger partial charge in [-0.3, -0.25) is 9.48 Å². The summed E-state index contributed by atoms with van der Waals surface area (Å²) in [7, 11) is 3.44. The molecule has 0 radical (unpaired) electrons. The topological polar surface area (TPSA) is 44.1 Å². The van der Waals surface area contributed by atoms with Crippen molar-refractivity contribution in [2.45, 2.75) is 12.8 Å². The molecule has 0 N–H and O–H groups in total. The Morgan fingerprint density at radius 2 is 2.46 bits per heavy atom. The van der Waals surface area contributed by atoms with Crippen molar-refractivity contribution in [3.8, 4) is 0 Å². The summed E-state index contributed by atoms with van der Waals surface area (Å²) in [6.07, 6.45) is 2.54. The minimum atomic E-state index is 0.159. The van der Waals surface area contributed by atoms with Crippen LogP contribution in [0.5, 0.6) is 0 Å². The Labute approximate surface area is 77.5 Å². The van der Waals surface area contributed by atoms with Crippen molar-refractivity contribution in [1.29, 1.82) is 0 Å². The summed E-state index contributed by atoms with van der Waals surface area (Å²) in [5, 5.41) is 4.21. The lowest BCUT2D eigenvalue weighted by Crippen LogP contribution is -2.05. The largest absolute Gasteiger partial charge is 0.384 e. The van der Waals surface area contributed by atoms with Gasteiger partial charge in [0.25, 0.3) is 0 Å². The molecule has 1 atom stereocenters. The minimum absolute atomic E-state index is 0.159. The van der Waals surface area contributed by atoms with Gasteiger partial charge >= 0.3 is 0 Å². The van der Waals surface area contributed by atoms with E-state index in [9.17, 15) is 4.79 Å². The Kier molecular flexibility index (Phi) is 3.19. The van der Waals surface area contributed by atoms with Gasteiger partial charge in [-0.25, -0.2) is 0 Å². The van der Waals surface area contributed by atoms with Crippen molar-refractivity contribution >= 4 is 6.29 Å². The smallest absolute Gasteiger partial charge is 0.153 e. The third kappa shape index (κ3) is 2.15. The average Bonchev–Trinajstić information content (AvgIpc) is 2.47. The lowest BCUT2D eigenvalue weighted by Gasteiger charge is -2.06. The zero-order valence-electron chi connectivity index (χ0n) is 8.15. The van der Waals surface area contributed by atoms with Gasteiger partial charge in [0.05, 0.1) is 17.9 Å². The van der Waals surface area contributed by atoms with Crippen LogP contribution in [0.4, 0.5) is 0 Å². The summed E-state index contributed by atoms with van der Waals surface area (Å²) in [5.74, 6) is 0.159. The molecule has 13 heavy (non-hydrogen) atoms. The fourth-order valence-electron chi connectivity index (χ4n) is 1.33. The fourth-order valence-corrected chi connectivity index (χ4v) is 1.33. The van der Waals surface area contributed by atoms with Gasteiger partial charge in [-0.05, 0) is 0 Å². The molecule has 0 aromatic carbocycles. The molecule has 1 aromatic rings. The Morgan fingerprint density at radius 3 is 3.00 bits per heavy atom. The van der Waals surface area contributed by atoms with Crippen LogP contribution in [0.3, 0.4) is 0 Å². The molecule has 1 unspecified atom stereocenters. The van der Waals surface area contributed by atoms with Crippen molar-refractivity contribution < 1.29 is 9.53 Å². The Bertz CT molecular complexity index is 294. The number of carbonyl (C=O) groups excluding carboxylic acids is 1. The maximum Gasteiger partial charge on any atom is 0.153 e. The summed E-state index contributed by atoms with van der Waals surface area (Å²) < 4.78 is 6.65. The number of rotatable bonds is 4. The number of methoxy groups -OCH3 is 1. The first-order chi connectivity index (χ1) is 6.19. The van der Waals surface area contributed by atoms with Crippen LogP contribution in [0.15, 0.2) is 6.20 Å². The van der Waals surface area contributed by atoms with E-state index in [2.05, 4.69) is 5.10 Å². The van der Waals surface area contributed by atoms with E-state index in [-0.39, 0.29) is 5.92 Å². The molecule has 72 valence electrons. The van der Waals surface area contributed by atoms with Crippen LogP contribution in [-0.4, -0.2) is 29.8 Å². The Balaban J connectivity index is 2.91. The molecular weight excluding hydrogens is 168 g/mol. The van der Waals surface area contributed by atoms with Crippen LogP contribution in [0.1, 0.15) is 28.9 Å². The molecular formula is C9H14N2O2. The molecule has 0 aliphatic rings. The molecule has 0 fully saturated rings. The number of hydrogen-bond acceptors (Lipinski definition) is 3. The molecule has 0 saturated heterocycles. The number of hydrogen-bond donors (Lipinski definition) is 0. The van der Waals surface area contributed by atoms with Gasteiger partial charge in [-0.15, -0.1) is 0 Å². The van der Waals surface area contributed by atoms with E-state index >= 15 is 0 Å². The van der Waals surface area contributed by atoms with Crippen LogP contribution in [0, 0.1) is 0 Å². The number of aromatic nitrogens is 2. The summed E-state index contributed by atoms with van der Waals surface area (Å²) in [4.78, 5) is 10.7. The van der Waals surface area contributed by atoms with Crippen LogP contribution in [-0.2, 0) is 11.8 Å². The highest BCUT2D eigenvalue weighted by atomic mass is 16.5. The second-order valence-electron chi connectivity index (χ2n) is 3.12. The van der Waals surface area contributed by atoms with E-state index in [1.54, 1.807) is 25.0 Å². The first-order valence-corrected chi connectivity index (χ1v) is 4.16. The van der Waals surface area contributed by atoms with E-state index < -0.39 is 0 Å². The number of nitrogens with zero attached hydrogens (tertiary/aromatic N) is 2. The van der Waals surface area contributed by atoms with Gasteiger partial charge in [0.1, 0.15) is 0 Å².